The molecule has 1 fully saturated rings. The maximum Gasteiger partial charge on any atom is 0.224 e. The molecular formula is C24H25N3O2. The van der Waals surface area contributed by atoms with Gasteiger partial charge in [0, 0.05) is 19.3 Å². The minimum absolute atomic E-state index is 0.0301. The highest BCUT2D eigenvalue weighted by atomic mass is 16.5. The number of amides is 1. The van der Waals surface area contributed by atoms with Crippen molar-refractivity contribution in [2.24, 2.45) is 5.92 Å². The Morgan fingerprint density at radius 2 is 1.86 bits per heavy atom. The summed E-state index contributed by atoms with van der Waals surface area (Å²) in [6, 6.07) is 23.7. The number of rotatable bonds is 7. The molecule has 1 N–H and O–H groups in total. The normalized spacial score (nSPS) is 16.5. The van der Waals surface area contributed by atoms with E-state index < -0.39 is 0 Å². The van der Waals surface area contributed by atoms with Gasteiger partial charge in [-0.2, -0.15) is 0 Å². The Bertz CT molecular complexity index is 931. The molecule has 1 aliphatic rings. The minimum atomic E-state index is 0.0301. The van der Waals surface area contributed by atoms with Crippen LogP contribution in [0.3, 0.4) is 0 Å². The summed E-state index contributed by atoms with van der Waals surface area (Å²) in [4.78, 5) is 19.1. The van der Waals surface area contributed by atoms with E-state index in [0.717, 1.165) is 43.2 Å². The molecule has 5 heteroatoms. The summed E-state index contributed by atoms with van der Waals surface area (Å²) >= 11 is 0. The second-order valence-corrected chi connectivity index (χ2v) is 7.32. The Kier molecular flexibility index (Phi) is 6.17. The third-order valence-corrected chi connectivity index (χ3v) is 5.10. The fourth-order valence-corrected chi connectivity index (χ4v) is 3.61. The molecule has 1 amide bonds. The van der Waals surface area contributed by atoms with Crippen molar-refractivity contribution in [3.63, 3.8) is 0 Å². The largest absolute Gasteiger partial charge is 0.457 e. The number of benzene rings is 2. The summed E-state index contributed by atoms with van der Waals surface area (Å²) in [5.74, 6) is 1.80. The number of para-hydroxylation sites is 1. The van der Waals surface area contributed by atoms with Crippen LogP contribution in [0.25, 0.3) is 0 Å². The Morgan fingerprint density at radius 1 is 1.03 bits per heavy atom. The van der Waals surface area contributed by atoms with E-state index in [1.54, 1.807) is 6.20 Å². The van der Waals surface area contributed by atoms with Gasteiger partial charge in [0.2, 0.25) is 5.91 Å². The molecule has 29 heavy (non-hydrogen) atoms. The van der Waals surface area contributed by atoms with E-state index in [0.29, 0.717) is 6.54 Å². The molecule has 148 valence electrons. The van der Waals surface area contributed by atoms with Gasteiger partial charge in [-0.25, -0.2) is 0 Å². The quantitative estimate of drug-likeness (QED) is 0.665. The minimum Gasteiger partial charge on any atom is -0.457 e. The molecule has 0 aliphatic carbocycles. The van der Waals surface area contributed by atoms with Gasteiger partial charge in [-0.1, -0.05) is 36.4 Å². The zero-order valence-electron chi connectivity index (χ0n) is 16.3. The van der Waals surface area contributed by atoms with Crippen LogP contribution in [0.2, 0.25) is 0 Å². The van der Waals surface area contributed by atoms with E-state index in [-0.39, 0.29) is 11.8 Å². The van der Waals surface area contributed by atoms with Crippen LogP contribution in [-0.4, -0.2) is 28.9 Å². The van der Waals surface area contributed by atoms with Crippen molar-refractivity contribution in [1.82, 2.24) is 15.2 Å². The van der Waals surface area contributed by atoms with Crippen LogP contribution in [-0.2, 0) is 17.9 Å². The number of hydrogen-bond donors (Lipinski definition) is 1. The van der Waals surface area contributed by atoms with E-state index in [2.05, 4.69) is 27.3 Å². The fourth-order valence-electron chi connectivity index (χ4n) is 3.61. The molecule has 4 rings (SSSR count). The molecule has 0 radical (unpaired) electrons. The van der Waals surface area contributed by atoms with Crippen molar-refractivity contribution in [3.8, 4) is 11.5 Å². The molecule has 5 nitrogen and oxygen atoms in total. The Balaban J connectivity index is 1.28. The number of nitrogens with zero attached hydrogens (tertiary/aromatic N) is 2. The SMILES string of the molecule is O=C(NCc1ccccn1)C1CCN(Cc2cccc(Oc3ccccc3)c2)C1. The number of pyridine rings is 1. The van der Waals surface area contributed by atoms with Crippen molar-refractivity contribution in [2.45, 2.75) is 19.5 Å². The number of ether oxygens (including phenoxy) is 1. The number of likely N-dealkylation sites (tertiary alicyclic amines) is 1. The molecule has 1 aromatic heterocycles. The van der Waals surface area contributed by atoms with Gasteiger partial charge < -0.3 is 10.1 Å². The first-order chi connectivity index (χ1) is 14.3. The van der Waals surface area contributed by atoms with Gasteiger partial charge in [0.05, 0.1) is 18.2 Å². The lowest BCUT2D eigenvalue weighted by atomic mass is 10.1. The topological polar surface area (TPSA) is 54.5 Å². The Labute approximate surface area is 171 Å². The third kappa shape index (κ3) is 5.42. The van der Waals surface area contributed by atoms with E-state index in [4.69, 9.17) is 4.74 Å². The first kappa shape index (κ1) is 19.2. The Hall–Kier alpha value is -3.18. The van der Waals surface area contributed by atoms with Crippen molar-refractivity contribution < 1.29 is 9.53 Å². The van der Waals surface area contributed by atoms with Crippen LogP contribution in [0.1, 0.15) is 17.7 Å². The van der Waals surface area contributed by atoms with Gasteiger partial charge >= 0.3 is 0 Å². The fraction of sp³-hybridized carbons (Fsp3) is 0.250. The maximum absolute atomic E-state index is 12.5. The van der Waals surface area contributed by atoms with Crippen molar-refractivity contribution >= 4 is 5.91 Å². The van der Waals surface area contributed by atoms with Crippen LogP contribution in [0.5, 0.6) is 11.5 Å². The summed E-state index contributed by atoms with van der Waals surface area (Å²) < 4.78 is 5.93. The van der Waals surface area contributed by atoms with E-state index in [1.165, 1.54) is 5.56 Å². The molecule has 2 heterocycles. The molecular weight excluding hydrogens is 362 g/mol. The van der Waals surface area contributed by atoms with Crippen LogP contribution in [0, 0.1) is 5.92 Å². The van der Waals surface area contributed by atoms with Gasteiger partial charge in [0.15, 0.2) is 0 Å². The highest BCUT2D eigenvalue weighted by Crippen LogP contribution is 2.24. The maximum atomic E-state index is 12.5. The number of aromatic nitrogens is 1. The lowest BCUT2D eigenvalue weighted by molar-refractivity contribution is -0.124. The van der Waals surface area contributed by atoms with E-state index in [1.807, 2.05) is 60.7 Å². The Morgan fingerprint density at radius 3 is 2.69 bits per heavy atom. The summed E-state index contributed by atoms with van der Waals surface area (Å²) in [6.07, 6.45) is 2.63. The van der Waals surface area contributed by atoms with Gasteiger partial charge in [-0.05, 0) is 54.9 Å². The monoisotopic (exact) mass is 387 g/mol. The molecule has 1 atom stereocenters. The van der Waals surface area contributed by atoms with Gasteiger partial charge in [0.25, 0.3) is 0 Å². The molecule has 0 saturated carbocycles. The molecule has 0 spiro atoms. The van der Waals surface area contributed by atoms with Crippen LogP contribution in [0.4, 0.5) is 0 Å². The second kappa shape index (κ2) is 9.34. The average molecular weight is 387 g/mol. The lowest BCUT2D eigenvalue weighted by Gasteiger charge is -2.17. The second-order valence-electron chi connectivity index (χ2n) is 7.32. The summed E-state index contributed by atoms with van der Waals surface area (Å²) in [7, 11) is 0. The third-order valence-electron chi connectivity index (χ3n) is 5.10. The first-order valence-electron chi connectivity index (χ1n) is 9.98. The van der Waals surface area contributed by atoms with Gasteiger partial charge in [-0.15, -0.1) is 0 Å². The molecule has 1 aliphatic heterocycles. The number of carbonyl (C=O) groups excluding carboxylic acids is 1. The van der Waals surface area contributed by atoms with Crippen LogP contribution >= 0.6 is 0 Å². The zero-order chi connectivity index (χ0) is 19.9. The van der Waals surface area contributed by atoms with Crippen molar-refractivity contribution in [1.29, 1.82) is 0 Å². The first-order valence-corrected chi connectivity index (χ1v) is 9.98. The van der Waals surface area contributed by atoms with Gasteiger partial charge in [0.1, 0.15) is 11.5 Å². The highest BCUT2D eigenvalue weighted by molar-refractivity contribution is 5.79. The van der Waals surface area contributed by atoms with Crippen molar-refractivity contribution in [3.05, 3.63) is 90.3 Å². The van der Waals surface area contributed by atoms with Crippen LogP contribution < -0.4 is 10.1 Å². The molecule has 1 unspecified atom stereocenters. The zero-order valence-corrected chi connectivity index (χ0v) is 16.3. The smallest absolute Gasteiger partial charge is 0.224 e. The average Bonchev–Trinajstić information content (AvgIpc) is 3.22. The van der Waals surface area contributed by atoms with E-state index in [9.17, 15) is 4.79 Å². The lowest BCUT2D eigenvalue weighted by Crippen LogP contribution is -2.32. The molecule has 1 saturated heterocycles. The van der Waals surface area contributed by atoms with Crippen molar-refractivity contribution in [2.75, 3.05) is 13.1 Å². The molecule has 2 aromatic carbocycles. The highest BCUT2D eigenvalue weighted by Gasteiger charge is 2.28. The predicted molar refractivity (Wildman–Crippen MR) is 112 cm³/mol. The van der Waals surface area contributed by atoms with Crippen LogP contribution in [0.15, 0.2) is 79.0 Å². The number of nitrogens with one attached hydrogen (secondary N) is 1. The predicted octanol–water partition coefficient (Wildman–Crippen LogP) is 4.01. The van der Waals surface area contributed by atoms with E-state index >= 15 is 0 Å². The standard InChI is InChI=1S/C24H25N3O2/c28-24(26-16-21-8-4-5-13-25-21)20-12-14-27(18-20)17-19-7-6-11-23(15-19)29-22-9-2-1-3-10-22/h1-11,13,15,20H,12,14,16-18H2,(H,26,28). The molecule has 3 aromatic rings. The summed E-state index contributed by atoms with van der Waals surface area (Å²) in [6.45, 7) is 2.99. The number of carbonyl (C=O) groups is 1. The summed E-state index contributed by atoms with van der Waals surface area (Å²) in [5.41, 5.74) is 2.07. The summed E-state index contributed by atoms with van der Waals surface area (Å²) in [5, 5.41) is 3.01. The number of hydrogen-bond acceptors (Lipinski definition) is 4. The molecule has 0 bridgehead atoms. The van der Waals surface area contributed by atoms with Gasteiger partial charge in [-0.3, -0.25) is 14.7 Å².